The molecule has 1 aliphatic heterocycles. The van der Waals surface area contributed by atoms with Gasteiger partial charge >= 0.3 is 5.97 Å². The molecule has 2 aliphatic rings. The molecule has 1 aromatic rings. The molecule has 1 fully saturated rings. The van der Waals surface area contributed by atoms with Crippen molar-refractivity contribution in [1.29, 1.82) is 0 Å². The van der Waals surface area contributed by atoms with Gasteiger partial charge in [-0.25, -0.2) is 4.79 Å². The predicted molar refractivity (Wildman–Crippen MR) is 60.8 cm³/mol. The van der Waals surface area contributed by atoms with Crippen molar-refractivity contribution in [3.05, 3.63) is 23.2 Å². The summed E-state index contributed by atoms with van der Waals surface area (Å²) in [6.45, 7) is 1.32. The van der Waals surface area contributed by atoms with E-state index < -0.39 is 5.97 Å². The van der Waals surface area contributed by atoms with Crippen LogP contribution >= 0.6 is 0 Å². The molecule has 0 aromatic carbocycles. The van der Waals surface area contributed by atoms with E-state index in [9.17, 15) is 9.59 Å². The van der Waals surface area contributed by atoms with E-state index in [1.807, 2.05) is 0 Å². The van der Waals surface area contributed by atoms with Crippen molar-refractivity contribution in [2.24, 2.45) is 5.41 Å². The molecule has 1 spiro atoms. The lowest BCUT2D eigenvalue weighted by atomic mass is 9.68. The van der Waals surface area contributed by atoms with Gasteiger partial charge in [0, 0.05) is 26.1 Å². The minimum Gasteiger partial charge on any atom is -0.478 e. The fourth-order valence-electron chi connectivity index (χ4n) is 2.98. The number of carbonyl (C=O) groups is 2. The highest BCUT2D eigenvalue weighted by Gasteiger charge is 2.43. The Morgan fingerprint density at radius 3 is 2.67 bits per heavy atom. The predicted octanol–water partition coefficient (Wildman–Crippen LogP) is 1.90. The number of carboxylic acid groups (broad SMARTS) is 1. The average Bonchev–Trinajstić information content (AvgIpc) is 2.73. The number of rotatable bonds is 1. The topological polar surface area (TPSA) is 76.7 Å². The SMILES string of the molecule is O=C(O)c1coc2c1C(=O)CC1(CCOCC1)C2. The molecule has 5 heteroatoms. The Kier molecular flexibility index (Phi) is 2.52. The third-order valence-electron chi connectivity index (χ3n) is 4.00. The first-order valence-corrected chi connectivity index (χ1v) is 6.06. The summed E-state index contributed by atoms with van der Waals surface area (Å²) in [4.78, 5) is 23.2. The van der Waals surface area contributed by atoms with Gasteiger partial charge in [-0.15, -0.1) is 0 Å². The number of ketones is 1. The van der Waals surface area contributed by atoms with Crippen LogP contribution in [0, 0.1) is 5.41 Å². The van der Waals surface area contributed by atoms with Gasteiger partial charge in [0.1, 0.15) is 17.6 Å². The van der Waals surface area contributed by atoms with Crippen molar-refractivity contribution in [3.63, 3.8) is 0 Å². The van der Waals surface area contributed by atoms with E-state index in [4.69, 9.17) is 14.3 Å². The molecule has 0 radical (unpaired) electrons. The lowest BCUT2D eigenvalue weighted by Crippen LogP contribution is -2.37. The summed E-state index contributed by atoms with van der Waals surface area (Å²) < 4.78 is 10.6. The van der Waals surface area contributed by atoms with E-state index in [1.54, 1.807) is 0 Å². The second-order valence-electron chi connectivity index (χ2n) is 5.14. The third kappa shape index (κ3) is 1.66. The highest BCUT2D eigenvalue weighted by atomic mass is 16.5. The van der Waals surface area contributed by atoms with Crippen molar-refractivity contribution >= 4 is 11.8 Å². The zero-order chi connectivity index (χ0) is 12.8. The van der Waals surface area contributed by atoms with Gasteiger partial charge < -0.3 is 14.3 Å². The minimum atomic E-state index is -1.10. The van der Waals surface area contributed by atoms with Crippen molar-refractivity contribution in [1.82, 2.24) is 0 Å². The van der Waals surface area contributed by atoms with Crippen LogP contribution in [0.1, 0.15) is 45.7 Å². The molecule has 1 aliphatic carbocycles. The van der Waals surface area contributed by atoms with Gasteiger partial charge in [-0.05, 0) is 18.3 Å². The number of carboxylic acids is 1. The number of hydrogen-bond donors (Lipinski definition) is 1. The zero-order valence-corrected chi connectivity index (χ0v) is 9.90. The van der Waals surface area contributed by atoms with Crippen LogP contribution in [0.25, 0.3) is 0 Å². The molecule has 0 amide bonds. The van der Waals surface area contributed by atoms with Gasteiger partial charge in [-0.1, -0.05) is 0 Å². The Balaban J connectivity index is 1.98. The van der Waals surface area contributed by atoms with Crippen molar-refractivity contribution in [2.75, 3.05) is 13.2 Å². The summed E-state index contributed by atoms with van der Waals surface area (Å²) in [7, 11) is 0. The summed E-state index contributed by atoms with van der Waals surface area (Å²) in [5, 5.41) is 9.02. The Bertz CT molecular complexity index is 507. The maximum absolute atomic E-state index is 12.2. The first kappa shape index (κ1) is 11.5. The van der Waals surface area contributed by atoms with Gasteiger partial charge in [0.05, 0.1) is 5.56 Å². The summed E-state index contributed by atoms with van der Waals surface area (Å²) in [6.07, 6.45) is 3.90. The van der Waals surface area contributed by atoms with Crippen LogP contribution in [0.3, 0.4) is 0 Å². The van der Waals surface area contributed by atoms with Gasteiger partial charge in [0.2, 0.25) is 0 Å². The second kappa shape index (κ2) is 3.95. The number of hydrogen-bond acceptors (Lipinski definition) is 4. The van der Waals surface area contributed by atoms with Crippen LogP contribution in [-0.4, -0.2) is 30.1 Å². The fourth-order valence-corrected chi connectivity index (χ4v) is 2.98. The molecule has 1 N–H and O–H groups in total. The van der Waals surface area contributed by atoms with Gasteiger partial charge in [0.25, 0.3) is 0 Å². The van der Waals surface area contributed by atoms with E-state index in [0.29, 0.717) is 31.8 Å². The largest absolute Gasteiger partial charge is 0.478 e. The van der Waals surface area contributed by atoms with Crippen molar-refractivity contribution < 1.29 is 23.8 Å². The highest BCUT2D eigenvalue weighted by Crippen LogP contribution is 2.44. The monoisotopic (exact) mass is 250 g/mol. The van der Waals surface area contributed by atoms with Gasteiger partial charge in [-0.3, -0.25) is 4.79 Å². The zero-order valence-electron chi connectivity index (χ0n) is 9.90. The van der Waals surface area contributed by atoms with E-state index in [1.165, 1.54) is 6.26 Å². The number of fused-ring (bicyclic) bond motifs is 1. The molecule has 3 rings (SSSR count). The molecule has 0 saturated carbocycles. The van der Waals surface area contributed by atoms with Crippen LogP contribution in [0.4, 0.5) is 0 Å². The minimum absolute atomic E-state index is 0.00286. The molecule has 0 bridgehead atoms. The summed E-state index contributed by atoms with van der Waals surface area (Å²) in [5.41, 5.74) is 0.187. The van der Waals surface area contributed by atoms with Crippen LogP contribution < -0.4 is 0 Å². The first-order valence-electron chi connectivity index (χ1n) is 6.06. The molecule has 1 saturated heterocycles. The summed E-state index contributed by atoms with van der Waals surface area (Å²) >= 11 is 0. The molecule has 2 heterocycles. The first-order chi connectivity index (χ1) is 8.61. The van der Waals surface area contributed by atoms with Crippen LogP contribution in [0.5, 0.6) is 0 Å². The summed E-state index contributed by atoms with van der Waals surface area (Å²) in [6, 6.07) is 0. The standard InChI is InChI=1S/C13H14O5/c14-9-5-13(1-3-17-4-2-13)6-10-11(9)8(7-18-10)12(15)16/h7H,1-6H2,(H,15,16). The Hall–Kier alpha value is -1.62. The maximum Gasteiger partial charge on any atom is 0.339 e. The number of ether oxygens (including phenoxy) is 1. The molecule has 1 aromatic heterocycles. The lowest BCUT2D eigenvalue weighted by molar-refractivity contribution is 0.00665. The third-order valence-corrected chi connectivity index (χ3v) is 4.00. The molecular weight excluding hydrogens is 236 g/mol. The fraction of sp³-hybridized carbons (Fsp3) is 0.538. The van der Waals surface area contributed by atoms with Crippen molar-refractivity contribution in [3.8, 4) is 0 Å². The number of Topliss-reactive ketones (excluding diaryl/α,β-unsaturated/α-hetero) is 1. The highest BCUT2D eigenvalue weighted by molar-refractivity contribution is 6.07. The number of furan rings is 1. The average molecular weight is 250 g/mol. The van der Waals surface area contributed by atoms with Crippen molar-refractivity contribution in [2.45, 2.75) is 25.7 Å². The molecule has 18 heavy (non-hydrogen) atoms. The van der Waals surface area contributed by atoms with E-state index in [-0.39, 0.29) is 22.3 Å². The lowest BCUT2D eigenvalue weighted by Gasteiger charge is -2.38. The quantitative estimate of drug-likeness (QED) is 0.823. The van der Waals surface area contributed by atoms with E-state index in [0.717, 1.165) is 12.8 Å². The molecule has 96 valence electrons. The smallest absolute Gasteiger partial charge is 0.339 e. The Labute approximate surface area is 104 Å². The Morgan fingerprint density at radius 2 is 2.00 bits per heavy atom. The molecular formula is C13H14O5. The van der Waals surface area contributed by atoms with E-state index >= 15 is 0 Å². The van der Waals surface area contributed by atoms with Crippen LogP contribution in [0.15, 0.2) is 10.7 Å². The Morgan fingerprint density at radius 1 is 1.28 bits per heavy atom. The van der Waals surface area contributed by atoms with Crippen LogP contribution in [-0.2, 0) is 11.2 Å². The van der Waals surface area contributed by atoms with Gasteiger partial charge in [0.15, 0.2) is 5.78 Å². The number of carbonyl (C=O) groups excluding carboxylic acids is 1. The van der Waals surface area contributed by atoms with Crippen LogP contribution in [0.2, 0.25) is 0 Å². The normalized spacial score (nSPS) is 21.9. The summed E-state index contributed by atoms with van der Waals surface area (Å²) in [5.74, 6) is -0.675. The molecule has 0 atom stereocenters. The molecule has 0 unspecified atom stereocenters. The van der Waals surface area contributed by atoms with E-state index in [2.05, 4.69) is 0 Å². The van der Waals surface area contributed by atoms with Gasteiger partial charge in [-0.2, -0.15) is 0 Å². The number of aromatic carboxylic acids is 1. The second-order valence-corrected chi connectivity index (χ2v) is 5.14. The maximum atomic E-state index is 12.2. The molecule has 5 nitrogen and oxygen atoms in total.